The lowest BCUT2D eigenvalue weighted by Gasteiger charge is -2.34. The number of nitrogens with two attached hydrogens (primary N) is 1. The molecule has 9 heteroatoms. The summed E-state index contributed by atoms with van der Waals surface area (Å²) in [5.41, 5.74) is 9.12. The molecular formula is C26H29N7O2. The van der Waals surface area contributed by atoms with Crippen molar-refractivity contribution in [3.63, 3.8) is 0 Å². The lowest BCUT2D eigenvalue weighted by molar-refractivity contribution is 0.0626. The molecule has 35 heavy (non-hydrogen) atoms. The van der Waals surface area contributed by atoms with E-state index in [1.807, 2.05) is 51.9 Å². The molecule has 0 bridgehead atoms. The zero-order valence-corrected chi connectivity index (χ0v) is 19.6. The van der Waals surface area contributed by atoms with Crippen LogP contribution in [-0.4, -0.2) is 61.4 Å². The van der Waals surface area contributed by atoms with Crippen LogP contribution < -0.4 is 11.4 Å². The predicted octanol–water partition coefficient (Wildman–Crippen LogP) is 2.93. The van der Waals surface area contributed by atoms with E-state index in [-0.39, 0.29) is 17.6 Å². The van der Waals surface area contributed by atoms with E-state index in [4.69, 9.17) is 5.73 Å². The SMILES string of the molecule is Nc1nc(CN2CCN(C(=O)c3ccc4c(c3)[nH]c(=O)n4C3CCCC3)CC2)nc2ccccc12. The molecule has 1 aliphatic carbocycles. The first kappa shape index (κ1) is 21.8. The van der Waals surface area contributed by atoms with E-state index < -0.39 is 0 Å². The highest BCUT2D eigenvalue weighted by molar-refractivity contribution is 5.97. The molecule has 1 aliphatic heterocycles. The summed E-state index contributed by atoms with van der Waals surface area (Å²) in [6.45, 7) is 3.32. The number of nitrogen functional groups attached to an aromatic ring is 1. The minimum atomic E-state index is -0.0818. The summed E-state index contributed by atoms with van der Waals surface area (Å²) >= 11 is 0. The maximum Gasteiger partial charge on any atom is 0.326 e. The Morgan fingerprint density at radius 3 is 2.60 bits per heavy atom. The predicted molar refractivity (Wildman–Crippen MR) is 135 cm³/mol. The van der Waals surface area contributed by atoms with Gasteiger partial charge < -0.3 is 15.6 Å². The average molecular weight is 472 g/mol. The average Bonchev–Trinajstić information content (AvgIpc) is 3.50. The molecule has 6 rings (SSSR count). The number of nitrogens with zero attached hydrogens (tertiary/aromatic N) is 5. The number of H-pyrrole nitrogens is 1. The van der Waals surface area contributed by atoms with Gasteiger partial charge in [0.25, 0.3) is 5.91 Å². The summed E-state index contributed by atoms with van der Waals surface area (Å²) in [7, 11) is 0. The molecule has 2 fully saturated rings. The molecule has 1 saturated heterocycles. The van der Waals surface area contributed by atoms with E-state index in [0.29, 0.717) is 36.8 Å². The summed E-state index contributed by atoms with van der Waals surface area (Å²) in [5.74, 6) is 1.18. The molecular weight excluding hydrogens is 442 g/mol. The van der Waals surface area contributed by atoms with Crippen LogP contribution in [0, 0.1) is 0 Å². The molecule has 1 amide bonds. The number of piperazine rings is 1. The fourth-order valence-electron chi connectivity index (χ4n) is 5.50. The van der Waals surface area contributed by atoms with Gasteiger partial charge in [0, 0.05) is 43.2 Å². The fourth-order valence-corrected chi connectivity index (χ4v) is 5.50. The third-order valence-electron chi connectivity index (χ3n) is 7.36. The Balaban J connectivity index is 1.13. The molecule has 9 nitrogen and oxygen atoms in total. The van der Waals surface area contributed by atoms with Crippen LogP contribution in [0.25, 0.3) is 21.9 Å². The molecule has 0 atom stereocenters. The van der Waals surface area contributed by atoms with Crippen molar-refractivity contribution in [3.05, 3.63) is 64.3 Å². The molecule has 0 unspecified atom stereocenters. The van der Waals surface area contributed by atoms with Crippen molar-refractivity contribution in [2.45, 2.75) is 38.3 Å². The van der Waals surface area contributed by atoms with Crippen LogP contribution in [0.4, 0.5) is 5.82 Å². The first-order valence-corrected chi connectivity index (χ1v) is 12.3. The molecule has 1 saturated carbocycles. The molecule has 180 valence electrons. The second-order valence-electron chi connectivity index (χ2n) is 9.58. The van der Waals surface area contributed by atoms with Gasteiger partial charge >= 0.3 is 5.69 Å². The Morgan fingerprint density at radius 1 is 1.03 bits per heavy atom. The highest BCUT2D eigenvalue weighted by Crippen LogP contribution is 2.31. The largest absolute Gasteiger partial charge is 0.383 e. The number of rotatable bonds is 4. The quantitative estimate of drug-likeness (QED) is 0.473. The number of hydrogen-bond acceptors (Lipinski definition) is 6. The lowest BCUT2D eigenvalue weighted by atomic mass is 10.1. The van der Waals surface area contributed by atoms with Crippen LogP contribution in [0.1, 0.15) is 47.9 Å². The van der Waals surface area contributed by atoms with E-state index >= 15 is 0 Å². The summed E-state index contributed by atoms with van der Waals surface area (Å²) in [6.07, 6.45) is 4.39. The van der Waals surface area contributed by atoms with Crippen molar-refractivity contribution < 1.29 is 4.79 Å². The second-order valence-corrected chi connectivity index (χ2v) is 9.58. The molecule has 4 aromatic rings. The number of anilines is 1. The van der Waals surface area contributed by atoms with Crippen LogP contribution in [-0.2, 0) is 6.54 Å². The van der Waals surface area contributed by atoms with Gasteiger partial charge in [-0.15, -0.1) is 0 Å². The maximum atomic E-state index is 13.2. The number of para-hydroxylation sites is 1. The summed E-state index contributed by atoms with van der Waals surface area (Å²) in [4.78, 5) is 42.0. The first-order valence-electron chi connectivity index (χ1n) is 12.3. The van der Waals surface area contributed by atoms with Crippen molar-refractivity contribution >= 4 is 33.7 Å². The highest BCUT2D eigenvalue weighted by Gasteiger charge is 2.25. The maximum absolute atomic E-state index is 13.2. The first-order chi connectivity index (χ1) is 17.1. The van der Waals surface area contributed by atoms with Crippen molar-refractivity contribution in [2.24, 2.45) is 0 Å². The number of aromatic amines is 1. The van der Waals surface area contributed by atoms with E-state index in [1.54, 1.807) is 0 Å². The fraction of sp³-hybridized carbons (Fsp3) is 0.385. The van der Waals surface area contributed by atoms with Gasteiger partial charge in [-0.2, -0.15) is 0 Å². The Hall–Kier alpha value is -3.72. The van der Waals surface area contributed by atoms with Gasteiger partial charge in [0.2, 0.25) is 0 Å². The summed E-state index contributed by atoms with van der Waals surface area (Å²) in [6, 6.07) is 13.6. The Labute approximate surface area is 202 Å². The smallest absolute Gasteiger partial charge is 0.326 e. The Bertz CT molecular complexity index is 1460. The number of carbonyl (C=O) groups excluding carboxylic acids is 1. The van der Waals surface area contributed by atoms with Gasteiger partial charge in [0.1, 0.15) is 11.6 Å². The zero-order chi connectivity index (χ0) is 23.9. The molecule has 3 N–H and O–H groups in total. The summed E-state index contributed by atoms with van der Waals surface area (Å²) in [5, 5.41) is 0.864. The number of nitrogens with one attached hydrogen (secondary N) is 1. The number of amides is 1. The minimum absolute atomic E-state index is 0.00721. The van der Waals surface area contributed by atoms with Gasteiger partial charge in [-0.3, -0.25) is 14.3 Å². The molecule has 2 aliphatic rings. The van der Waals surface area contributed by atoms with Crippen LogP contribution >= 0.6 is 0 Å². The third kappa shape index (κ3) is 4.05. The molecule has 3 heterocycles. The molecule has 0 spiro atoms. The van der Waals surface area contributed by atoms with Gasteiger partial charge in [0.15, 0.2) is 0 Å². The van der Waals surface area contributed by atoms with E-state index in [9.17, 15) is 9.59 Å². The minimum Gasteiger partial charge on any atom is -0.383 e. The van der Waals surface area contributed by atoms with Crippen molar-refractivity contribution in [2.75, 3.05) is 31.9 Å². The van der Waals surface area contributed by atoms with Crippen molar-refractivity contribution in [1.29, 1.82) is 0 Å². The summed E-state index contributed by atoms with van der Waals surface area (Å²) < 4.78 is 1.87. The van der Waals surface area contributed by atoms with Gasteiger partial charge in [-0.1, -0.05) is 25.0 Å². The number of benzene rings is 2. The van der Waals surface area contributed by atoms with Crippen molar-refractivity contribution in [3.8, 4) is 0 Å². The lowest BCUT2D eigenvalue weighted by Crippen LogP contribution is -2.48. The highest BCUT2D eigenvalue weighted by atomic mass is 16.2. The number of fused-ring (bicyclic) bond motifs is 2. The standard InChI is InChI=1S/C26H29N7O2/c27-24-19-7-3-4-8-20(19)28-23(30-24)16-31-11-13-32(14-12-31)25(34)17-9-10-22-21(15-17)29-26(35)33(22)18-5-1-2-6-18/h3-4,7-10,15,18H,1-2,5-6,11-14,16H2,(H,29,35)(H2,27,28,30). The van der Waals surface area contributed by atoms with Crippen LogP contribution in [0.2, 0.25) is 0 Å². The zero-order valence-electron chi connectivity index (χ0n) is 19.6. The van der Waals surface area contributed by atoms with Crippen molar-refractivity contribution in [1.82, 2.24) is 29.3 Å². The number of carbonyl (C=O) groups is 1. The third-order valence-corrected chi connectivity index (χ3v) is 7.36. The number of hydrogen-bond donors (Lipinski definition) is 2. The van der Waals surface area contributed by atoms with Crippen LogP contribution in [0.3, 0.4) is 0 Å². The van der Waals surface area contributed by atoms with E-state index in [1.165, 1.54) is 0 Å². The number of aromatic nitrogens is 4. The van der Waals surface area contributed by atoms with Crippen LogP contribution in [0.5, 0.6) is 0 Å². The van der Waals surface area contributed by atoms with Gasteiger partial charge in [0.05, 0.1) is 23.1 Å². The molecule has 2 aromatic heterocycles. The molecule has 2 aromatic carbocycles. The van der Waals surface area contributed by atoms with Gasteiger partial charge in [-0.05, 0) is 43.2 Å². The topological polar surface area (TPSA) is 113 Å². The molecule has 0 radical (unpaired) electrons. The van der Waals surface area contributed by atoms with E-state index in [0.717, 1.165) is 60.7 Å². The normalized spacial score (nSPS) is 17.5. The Kier molecular flexibility index (Phi) is 5.49. The van der Waals surface area contributed by atoms with E-state index in [2.05, 4.69) is 19.9 Å². The second kappa shape index (κ2) is 8.81. The Morgan fingerprint density at radius 2 is 1.80 bits per heavy atom. The van der Waals surface area contributed by atoms with Gasteiger partial charge in [-0.25, -0.2) is 14.8 Å². The van der Waals surface area contributed by atoms with Crippen LogP contribution in [0.15, 0.2) is 47.3 Å². The number of imidazole rings is 1. The monoisotopic (exact) mass is 471 g/mol.